The van der Waals surface area contributed by atoms with E-state index >= 15 is 0 Å². The number of hydrogen-bond acceptors (Lipinski definition) is 7. The first-order valence-electron chi connectivity index (χ1n) is 8.78. The van der Waals surface area contributed by atoms with Crippen LogP contribution in [0.5, 0.6) is 11.5 Å². The molecule has 0 atom stereocenters. The van der Waals surface area contributed by atoms with Gasteiger partial charge in [0.15, 0.2) is 5.82 Å². The van der Waals surface area contributed by atoms with Crippen LogP contribution >= 0.6 is 11.6 Å². The van der Waals surface area contributed by atoms with Gasteiger partial charge in [0, 0.05) is 23.2 Å². The van der Waals surface area contributed by atoms with Gasteiger partial charge in [-0.3, -0.25) is 4.98 Å². The van der Waals surface area contributed by atoms with E-state index in [1.54, 1.807) is 37.6 Å². The molecule has 8 heteroatoms. The molecule has 0 fully saturated rings. The van der Waals surface area contributed by atoms with Crippen LogP contribution in [-0.4, -0.2) is 22.1 Å². The summed E-state index contributed by atoms with van der Waals surface area (Å²) in [7, 11) is 1.55. The predicted molar refractivity (Wildman–Crippen MR) is 114 cm³/mol. The van der Waals surface area contributed by atoms with Crippen LogP contribution in [0.2, 0.25) is 5.02 Å². The van der Waals surface area contributed by atoms with Gasteiger partial charge >= 0.3 is 0 Å². The predicted octanol–water partition coefficient (Wildman–Crippen LogP) is 4.10. The number of ether oxygens (including phenoxy) is 2. The average Bonchev–Trinajstić information content (AvgIpc) is 2.73. The van der Waals surface area contributed by atoms with E-state index in [1.165, 1.54) is 0 Å². The molecule has 0 aliphatic heterocycles. The summed E-state index contributed by atoms with van der Waals surface area (Å²) in [6, 6.07) is 14.4. The number of rotatable bonds is 5. The van der Waals surface area contributed by atoms with Gasteiger partial charge in [0.1, 0.15) is 23.9 Å². The molecule has 0 aliphatic carbocycles. The number of benzene rings is 2. The Bertz CT molecular complexity index is 1180. The van der Waals surface area contributed by atoms with Crippen molar-refractivity contribution in [1.29, 1.82) is 0 Å². The van der Waals surface area contributed by atoms with Gasteiger partial charge in [-0.15, -0.1) is 0 Å². The molecule has 4 aromatic rings. The van der Waals surface area contributed by atoms with Crippen molar-refractivity contribution in [1.82, 2.24) is 15.0 Å². The van der Waals surface area contributed by atoms with Crippen LogP contribution in [0.3, 0.4) is 0 Å². The van der Waals surface area contributed by atoms with Crippen molar-refractivity contribution in [2.75, 3.05) is 18.6 Å². The first-order chi connectivity index (χ1) is 14.0. The number of pyridine rings is 1. The quantitative estimate of drug-likeness (QED) is 0.479. The van der Waals surface area contributed by atoms with Gasteiger partial charge in [0.05, 0.1) is 29.0 Å². The van der Waals surface area contributed by atoms with Gasteiger partial charge in [-0.1, -0.05) is 17.7 Å². The standard InChI is InChI=1S/C21H18ClN5O2/c1-28-19-10-17-14(9-16(19)23)20(24)27-21(26-17)12-5-6-18(15(22)8-12)29-11-13-4-2-3-7-25-13/h2-10H,11,23H2,1H3,(H2,24,26,27). The lowest BCUT2D eigenvalue weighted by Gasteiger charge is -2.11. The van der Waals surface area contributed by atoms with Crippen LogP contribution in [0, 0.1) is 0 Å². The highest BCUT2D eigenvalue weighted by atomic mass is 35.5. The molecule has 0 amide bonds. The molecule has 2 heterocycles. The van der Waals surface area contributed by atoms with Crippen LogP contribution in [-0.2, 0) is 6.61 Å². The smallest absolute Gasteiger partial charge is 0.162 e. The summed E-state index contributed by atoms with van der Waals surface area (Å²) >= 11 is 6.40. The Morgan fingerprint density at radius 2 is 1.86 bits per heavy atom. The van der Waals surface area contributed by atoms with Crippen LogP contribution < -0.4 is 20.9 Å². The van der Waals surface area contributed by atoms with Crippen molar-refractivity contribution in [3.8, 4) is 22.9 Å². The second-order valence-electron chi connectivity index (χ2n) is 6.30. The largest absolute Gasteiger partial charge is 0.495 e. The van der Waals surface area contributed by atoms with Crippen molar-refractivity contribution in [2.24, 2.45) is 0 Å². The fourth-order valence-electron chi connectivity index (χ4n) is 2.89. The molecule has 2 aromatic carbocycles. The normalized spacial score (nSPS) is 10.8. The Labute approximate surface area is 172 Å². The third-order valence-electron chi connectivity index (χ3n) is 4.37. The molecule has 0 unspecified atom stereocenters. The van der Waals surface area contributed by atoms with Gasteiger partial charge in [-0.25, -0.2) is 9.97 Å². The number of methoxy groups -OCH3 is 1. The number of nitrogens with two attached hydrogens (primary N) is 2. The molecular formula is C21H18ClN5O2. The molecule has 0 saturated heterocycles. The highest BCUT2D eigenvalue weighted by Crippen LogP contribution is 2.33. The Morgan fingerprint density at radius 1 is 1.00 bits per heavy atom. The second-order valence-corrected chi connectivity index (χ2v) is 6.71. The maximum absolute atomic E-state index is 6.40. The lowest BCUT2D eigenvalue weighted by molar-refractivity contribution is 0.301. The molecular weight excluding hydrogens is 390 g/mol. The summed E-state index contributed by atoms with van der Waals surface area (Å²) in [5.74, 6) is 1.84. The summed E-state index contributed by atoms with van der Waals surface area (Å²) < 4.78 is 11.0. The van der Waals surface area contributed by atoms with E-state index in [2.05, 4.69) is 15.0 Å². The first kappa shape index (κ1) is 18.8. The van der Waals surface area contributed by atoms with Crippen molar-refractivity contribution in [3.05, 3.63) is 65.4 Å². The van der Waals surface area contributed by atoms with Crippen molar-refractivity contribution in [3.63, 3.8) is 0 Å². The van der Waals surface area contributed by atoms with Gasteiger partial charge in [0.25, 0.3) is 0 Å². The zero-order chi connectivity index (χ0) is 20.4. The van der Waals surface area contributed by atoms with Gasteiger partial charge < -0.3 is 20.9 Å². The Balaban J connectivity index is 1.65. The number of fused-ring (bicyclic) bond motifs is 1. The fraction of sp³-hybridized carbons (Fsp3) is 0.0952. The molecule has 7 nitrogen and oxygen atoms in total. The maximum atomic E-state index is 6.40. The SMILES string of the molecule is COc1cc2nc(-c3ccc(OCc4ccccn4)c(Cl)c3)nc(N)c2cc1N. The number of anilines is 2. The lowest BCUT2D eigenvalue weighted by Crippen LogP contribution is -2.01. The summed E-state index contributed by atoms with van der Waals surface area (Å²) in [5.41, 5.74) is 14.7. The molecule has 4 N–H and O–H groups in total. The topological polar surface area (TPSA) is 109 Å². The van der Waals surface area contributed by atoms with Crippen molar-refractivity contribution < 1.29 is 9.47 Å². The van der Waals surface area contributed by atoms with Crippen LogP contribution in [0.4, 0.5) is 11.5 Å². The molecule has 146 valence electrons. The minimum Gasteiger partial charge on any atom is -0.495 e. The van der Waals surface area contributed by atoms with Crippen molar-refractivity contribution >= 4 is 34.0 Å². The van der Waals surface area contributed by atoms with E-state index in [9.17, 15) is 0 Å². The van der Waals surface area contributed by atoms with Crippen LogP contribution in [0.15, 0.2) is 54.7 Å². The van der Waals surface area contributed by atoms with E-state index in [0.717, 1.165) is 5.69 Å². The molecule has 0 spiro atoms. The fourth-order valence-corrected chi connectivity index (χ4v) is 3.13. The summed E-state index contributed by atoms with van der Waals surface area (Å²) in [5, 5.41) is 1.10. The van der Waals surface area contributed by atoms with E-state index < -0.39 is 0 Å². The highest BCUT2D eigenvalue weighted by molar-refractivity contribution is 6.32. The van der Waals surface area contributed by atoms with E-state index in [4.69, 9.17) is 32.5 Å². The zero-order valence-corrected chi connectivity index (χ0v) is 16.3. The number of nitrogens with zero attached hydrogens (tertiary/aromatic N) is 3. The average molecular weight is 408 g/mol. The maximum Gasteiger partial charge on any atom is 0.162 e. The van der Waals surface area contributed by atoms with Crippen molar-refractivity contribution in [2.45, 2.75) is 6.61 Å². The summed E-state index contributed by atoms with van der Waals surface area (Å²) in [4.78, 5) is 13.2. The van der Waals surface area contributed by atoms with Crippen LogP contribution in [0.25, 0.3) is 22.3 Å². The summed E-state index contributed by atoms with van der Waals surface area (Å²) in [6.45, 7) is 0.320. The summed E-state index contributed by atoms with van der Waals surface area (Å²) in [6.07, 6.45) is 1.72. The molecule has 4 rings (SSSR count). The molecule has 0 saturated carbocycles. The lowest BCUT2D eigenvalue weighted by atomic mass is 10.1. The monoisotopic (exact) mass is 407 g/mol. The Hall–Kier alpha value is -3.58. The number of aromatic nitrogens is 3. The first-order valence-corrected chi connectivity index (χ1v) is 9.16. The number of hydrogen-bond donors (Lipinski definition) is 2. The van der Waals surface area contributed by atoms with Gasteiger partial charge in [0.2, 0.25) is 0 Å². The molecule has 0 radical (unpaired) electrons. The van der Waals surface area contributed by atoms with E-state index in [-0.39, 0.29) is 0 Å². The van der Waals surface area contributed by atoms with Gasteiger partial charge in [-0.2, -0.15) is 0 Å². The van der Waals surface area contributed by atoms with E-state index in [0.29, 0.717) is 56.9 Å². The molecule has 2 aromatic heterocycles. The second kappa shape index (κ2) is 7.81. The third-order valence-corrected chi connectivity index (χ3v) is 4.66. The minimum absolute atomic E-state index is 0.320. The molecule has 29 heavy (non-hydrogen) atoms. The van der Waals surface area contributed by atoms with Gasteiger partial charge in [-0.05, 0) is 36.4 Å². The molecule has 0 bridgehead atoms. The van der Waals surface area contributed by atoms with E-state index in [1.807, 2.05) is 24.3 Å². The number of nitrogen functional groups attached to an aromatic ring is 2. The number of halogens is 1. The third kappa shape index (κ3) is 3.86. The molecule has 0 aliphatic rings. The zero-order valence-electron chi connectivity index (χ0n) is 15.6. The minimum atomic E-state index is 0.320. The van der Waals surface area contributed by atoms with Crippen LogP contribution in [0.1, 0.15) is 5.69 Å². The Kier molecular flexibility index (Phi) is 5.05. The Morgan fingerprint density at radius 3 is 2.59 bits per heavy atom. The highest BCUT2D eigenvalue weighted by Gasteiger charge is 2.13.